The standard InChI is InChI=1S/C24H32N2O3S/c27-23(25-12-6-1-2-7-13-25)21-16-22(30-18-21)20-10-14-26(15-11-20)24(28)29-17-19-8-4-3-5-9-19/h3-5,8-9,16,20-21H,1-2,6-7,10-15,17-18H2. The Kier molecular flexibility index (Phi) is 7.37. The van der Waals surface area contributed by atoms with Crippen molar-refractivity contribution in [1.29, 1.82) is 0 Å². The second kappa shape index (κ2) is 10.4. The Morgan fingerprint density at radius 1 is 0.933 bits per heavy atom. The van der Waals surface area contributed by atoms with Crippen molar-refractivity contribution < 1.29 is 14.3 Å². The SMILES string of the molecule is O=C(OCc1ccccc1)N1CCC(C2=CC(C(=O)N3CCCCCC3)CS2)CC1. The summed E-state index contributed by atoms with van der Waals surface area (Å²) in [6.45, 7) is 3.61. The maximum Gasteiger partial charge on any atom is 0.410 e. The maximum atomic E-state index is 12.9. The highest BCUT2D eigenvalue weighted by molar-refractivity contribution is 8.03. The molecule has 0 bridgehead atoms. The number of carbonyl (C=O) groups is 2. The summed E-state index contributed by atoms with van der Waals surface area (Å²) in [6, 6.07) is 9.79. The van der Waals surface area contributed by atoms with Crippen LogP contribution in [0.1, 0.15) is 44.1 Å². The van der Waals surface area contributed by atoms with Gasteiger partial charge in [0.05, 0.1) is 5.92 Å². The van der Waals surface area contributed by atoms with Crippen LogP contribution in [-0.4, -0.2) is 53.7 Å². The molecule has 6 heteroatoms. The van der Waals surface area contributed by atoms with Crippen molar-refractivity contribution in [2.45, 2.75) is 45.1 Å². The molecule has 3 aliphatic rings. The Balaban J connectivity index is 1.24. The molecule has 2 fully saturated rings. The third kappa shape index (κ3) is 5.39. The number of nitrogens with zero attached hydrogens (tertiary/aromatic N) is 2. The molecule has 5 nitrogen and oxygen atoms in total. The van der Waals surface area contributed by atoms with E-state index in [-0.39, 0.29) is 12.0 Å². The minimum Gasteiger partial charge on any atom is -0.445 e. The summed E-state index contributed by atoms with van der Waals surface area (Å²) < 4.78 is 5.47. The fourth-order valence-electron chi connectivity index (χ4n) is 4.56. The van der Waals surface area contributed by atoms with E-state index < -0.39 is 0 Å². The first-order valence-corrected chi connectivity index (χ1v) is 12.3. The molecule has 0 spiro atoms. The van der Waals surface area contributed by atoms with E-state index in [9.17, 15) is 9.59 Å². The number of likely N-dealkylation sites (tertiary alicyclic amines) is 2. The number of ether oxygens (including phenoxy) is 1. The number of hydrogen-bond acceptors (Lipinski definition) is 4. The Bertz CT molecular complexity index is 751. The number of rotatable bonds is 4. The number of carbonyl (C=O) groups excluding carboxylic acids is 2. The lowest BCUT2D eigenvalue weighted by molar-refractivity contribution is -0.133. The first-order valence-electron chi connectivity index (χ1n) is 11.3. The van der Waals surface area contributed by atoms with Gasteiger partial charge in [-0.3, -0.25) is 4.79 Å². The minimum atomic E-state index is -0.223. The predicted octanol–water partition coefficient (Wildman–Crippen LogP) is 4.68. The molecule has 30 heavy (non-hydrogen) atoms. The average molecular weight is 429 g/mol. The molecule has 3 aliphatic heterocycles. The molecular weight excluding hydrogens is 396 g/mol. The molecule has 2 saturated heterocycles. The van der Waals surface area contributed by atoms with Crippen molar-refractivity contribution in [2.24, 2.45) is 11.8 Å². The molecule has 1 unspecified atom stereocenters. The van der Waals surface area contributed by atoms with Gasteiger partial charge in [0.2, 0.25) is 5.91 Å². The highest BCUT2D eigenvalue weighted by atomic mass is 32.2. The molecule has 1 aromatic rings. The van der Waals surface area contributed by atoms with Gasteiger partial charge in [0.25, 0.3) is 0 Å². The molecule has 1 atom stereocenters. The molecular formula is C24H32N2O3S. The topological polar surface area (TPSA) is 49.9 Å². The molecule has 0 N–H and O–H groups in total. The first-order chi connectivity index (χ1) is 14.7. The second-order valence-corrected chi connectivity index (χ2v) is 9.62. The van der Waals surface area contributed by atoms with Crippen molar-refractivity contribution >= 4 is 23.8 Å². The summed E-state index contributed by atoms with van der Waals surface area (Å²) >= 11 is 1.85. The van der Waals surface area contributed by atoms with Crippen LogP contribution in [0.2, 0.25) is 0 Å². The van der Waals surface area contributed by atoms with Gasteiger partial charge < -0.3 is 14.5 Å². The number of thioether (sulfide) groups is 1. The monoisotopic (exact) mass is 428 g/mol. The van der Waals surface area contributed by atoms with Crippen molar-refractivity contribution in [2.75, 3.05) is 31.9 Å². The van der Waals surface area contributed by atoms with Gasteiger partial charge in [0, 0.05) is 31.9 Å². The Morgan fingerprint density at radius 3 is 2.33 bits per heavy atom. The lowest BCUT2D eigenvalue weighted by atomic mass is 9.94. The molecule has 4 rings (SSSR count). The highest BCUT2D eigenvalue weighted by Gasteiger charge is 2.33. The van der Waals surface area contributed by atoms with Crippen LogP contribution in [0.15, 0.2) is 41.3 Å². The molecule has 2 amide bonds. The lowest BCUT2D eigenvalue weighted by Gasteiger charge is -2.31. The van der Waals surface area contributed by atoms with E-state index in [0.29, 0.717) is 18.4 Å². The predicted molar refractivity (Wildman–Crippen MR) is 120 cm³/mol. The maximum absolute atomic E-state index is 12.9. The zero-order valence-electron chi connectivity index (χ0n) is 17.6. The van der Waals surface area contributed by atoms with Gasteiger partial charge in [-0.15, -0.1) is 11.8 Å². The van der Waals surface area contributed by atoms with Crippen LogP contribution in [0.25, 0.3) is 0 Å². The zero-order valence-corrected chi connectivity index (χ0v) is 18.4. The Morgan fingerprint density at radius 2 is 1.63 bits per heavy atom. The average Bonchev–Trinajstić information content (AvgIpc) is 3.13. The van der Waals surface area contributed by atoms with E-state index in [2.05, 4.69) is 11.0 Å². The molecule has 0 aliphatic carbocycles. The lowest BCUT2D eigenvalue weighted by Crippen LogP contribution is -2.39. The molecule has 162 valence electrons. The van der Waals surface area contributed by atoms with Gasteiger partial charge in [-0.25, -0.2) is 4.79 Å². The second-order valence-electron chi connectivity index (χ2n) is 8.53. The van der Waals surface area contributed by atoms with Crippen LogP contribution >= 0.6 is 11.8 Å². The Labute approximate surface area is 183 Å². The van der Waals surface area contributed by atoms with Gasteiger partial charge in [-0.1, -0.05) is 49.2 Å². The highest BCUT2D eigenvalue weighted by Crippen LogP contribution is 2.40. The van der Waals surface area contributed by atoms with E-state index in [1.165, 1.54) is 17.7 Å². The van der Waals surface area contributed by atoms with E-state index in [4.69, 9.17) is 4.74 Å². The molecule has 0 saturated carbocycles. The molecule has 3 heterocycles. The zero-order chi connectivity index (χ0) is 20.8. The van der Waals surface area contributed by atoms with Crippen LogP contribution in [-0.2, 0) is 16.1 Å². The molecule has 1 aromatic carbocycles. The number of allylic oxidation sites excluding steroid dienone is 1. The number of benzene rings is 1. The summed E-state index contributed by atoms with van der Waals surface area (Å²) in [6.07, 6.45) is 8.68. The van der Waals surface area contributed by atoms with Crippen molar-refractivity contribution in [1.82, 2.24) is 9.80 Å². The van der Waals surface area contributed by atoms with Crippen LogP contribution in [0.4, 0.5) is 4.79 Å². The number of piperidine rings is 1. The molecule has 0 radical (unpaired) electrons. The summed E-state index contributed by atoms with van der Waals surface area (Å²) in [5.41, 5.74) is 1.01. The van der Waals surface area contributed by atoms with E-state index >= 15 is 0 Å². The van der Waals surface area contributed by atoms with E-state index in [1.807, 2.05) is 47.0 Å². The smallest absolute Gasteiger partial charge is 0.410 e. The van der Waals surface area contributed by atoms with Crippen molar-refractivity contribution in [3.05, 3.63) is 46.9 Å². The third-order valence-corrected chi connectivity index (χ3v) is 7.72. The summed E-state index contributed by atoms with van der Waals surface area (Å²) in [4.78, 5) is 30.6. The molecule has 0 aromatic heterocycles. The minimum absolute atomic E-state index is 0.0389. The summed E-state index contributed by atoms with van der Waals surface area (Å²) in [5, 5.41) is 0. The van der Waals surface area contributed by atoms with E-state index in [1.54, 1.807) is 0 Å². The fourth-order valence-corrected chi connectivity index (χ4v) is 5.90. The van der Waals surface area contributed by atoms with Crippen LogP contribution in [0, 0.1) is 11.8 Å². The number of amides is 2. The van der Waals surface area contributed by atoms with Gasteiger partial charge >= 0.3 is 6.09 Å². The van der Waals surface area contributed by atoms with Crippen LogP contribution in [0.3, 0.4) is 0 Å². The van der Waals surface area contributed by atoms with Gasteiger partial charge in [0.15, 0.2) is 0 Å². The fraction of sp³-hybridized carbons (Fsp3) is 0.583. The van der Waals surface area contributed by atoms with Crippen LogP contribution in [0.5, 0.6) is 0 Å². The number of hydrogen-bond donors (Lipinski definition) is 0. The third-order valence-electron chi connectivity index (χ3n) is 6.39. The van der Waals surface area contributed by atoms with E-state index in [0.717, 1.165) is 63.2 Å². The summed E-state index contributed by atoms with van der Waals surface area (Å²) in [7, 11) is 0. The first kappa shape index (κ1) is 21.3. The van der Waals surface area contributed by atoms with Crippen LogP contribution < -0.4 is 0 Å². The van der Waals surface area contributed by atoms with Crippen molar-refractivity contribution in [3.8, 4) is 0 Å². The Hall–Kier alpha value is -1.95. The normalized spacial score (nSPS) is 23.1. The van der Waals surface area contributed by atoms with Gasteiger partial charge in [-0.2, -0.15) is 0 Å². The van der Waals surface area contributed by atoms with Gasteiger partial charge in [0.1, 0.15) is 6.61 Å². The quantitative estimate of drug-likeness (QED) is 0.698. The van der Waals surface area contributed by atoms with Crippen molar-refractivity contribution in [3.63, 3.8) is 0 Å². The van der Waals surface area contributed by atoms with Gasteiger partial charge in [-0.05, 0) is 42.1 Å². The summed E-state index contributed by atoms with van der Waals surface area (Å²) in [5.74, 6) is 1.71. The largest absolute Gasteiger partial charge is 0.445 e.